The maximum absolute atomic E-state index is 12.1. The molecule has 2 N–H and O–H groups in total. The predicted molar refractivity (Wildman–Crippen MR) is 103 cm³/mol. The summed E-state index contributed by atoms with van der Waals surface area (Å²) in [5, 5.41) is 6.48. The van der Waals surface area contributed by atoms with Gasteiger partial charge in [0.25, 0.3) is 0 Å². The van der Waals surface area contributed by atoms with Gasteiger partial charge < -0.3 is 20.3 Å². The fraction of sp³-hybridized carbons (Fsp3) is 0.368. The quantitative estimate of drug-likeness (QED) is 0.815. The first kappa shape index (κ1) is 18.5. The van der Waals surface area contributed by atoms with Crippen LogP contribution in [0.15, 0.2) is 42.6 Å². The number of amides is 2. The topological polar surface area (TPSA) is 66.5 Å². The van der Waals surface area contributed by atoms with Gasteiger partial charge in [-0.15, -0.1) is 0 Å². The summed E-state index contributed by atoms with van der Waals surface area (Å²) in [7, 11) is 0. The van der Waals surface area contributed by atoms with Gasteiger partial charge in [-0.25, -0.2) is 9.78 Å². The van der Waals surface area contributed by atoms with Gasteiger partial charge in [0.05, 0.1) is 13.2 Å². The summed E-state index contributed by atoms with van der Waals surface area (Å²) in [5.74, 6) is 0.912. The van der Waals surface area contributed by atoms with E-state index in [2.05, 4.69) is 20.5 Å². The van der Waals surface area contributed by atoms with Crippen LogP contribution >= 0.6 is 11.6 Å². The molecule has 0 radical (unpaired) electrons. The van der Waals surface area contributed by atoms with Gasteiger partial charge in [0.2, 0.25) is 0 Å². The monoisotopic (exact) mass is 374 g/mol. The number of carbonyl (C=O) groups is 1. The Labute approximate surface area is 158 Å². The second-order valence-electron chi connectivity index (χ2n) is 6.07. The molecule has 0 bridgehead atoms. The highest BCUT2D eigenvalue weighted by Crippen LogP contribution is 2.18. The molecular weight excluding hydrogens is 352 g/mol. The molecule has 6 nitrogen and oxygen atoms in total. The van der Waals surface area contributed by atoms with Crippen LogP contribution in [0.25, 0.3) is 0 Å². The first-order valence-electron chi connectivity index (χ1n) is 8.75. The van der Waals surface area contributed by atoms with Crippen LogP contribution in [-0.2, 0) is 17.7 Å². The molecule has 3 rings (SSSR count). The van der Waals surface area contributed by atoms with E-state index in [1.807, 2.05) is 36.4 Å². The molecule has 0 saturated carbocycles. The highest BCUT2D eigenvalue weighted by Gasteiger charge is 2.16. The lowest BCUT2D eigenvalue weighted by molar-refractivity contribution is 0.122. The van der Waals surface area contributed by atoms with Crippen LogP contribution in [-0.4, -0.2) is 43.9 Å². The Morgan fingerprint density at radius 3 is 2.85 bits per heavy atom. The Morgan fingerprint density at radius 2 is 2.04 bits per heavy atom. The maximum atomic E-state index is 12.1. The number of hydrogen-bond donors (Lipinski definition) is 2. The third-order valence-electron chi connectivity index (χ3n) is 4.21. The van der Waals surface area contributed by atoms with Crippen LogP contribution in [0.4, 0.5) is 10.6 Å². The van der Waals surface area contributed by atoms with Gasteiger partial charge >= 0.3 is 6.03 Å². The summed E-state index contributed by atoms with van der Waals surface area (Å²) >= 11 is 5.97. The lowest BCUT2D eigenvalue weighted by atomic mass is 10.1. The number of rotatable bonds is 6. The predicted octanol–water partition coefficient (Wildman–Crippen LogP) is 2.61. The number of nitrogens with one attached hydrogen (secondary N) is 2. The second kappa shape index (κ2) is 9.40. The molecule has 0 aliphatic carbocycles. The van der Waals surface area contributed by atoms with Gasteiger partial charge in [-0.05, 0) is 30.2 Å². The van der Waals surface area contributed by atoms with Gasteiger partial charge in [-0.3, -0.25) is 0 Å². The molecule has 2 amide bonds. The Hall–Kier alpha value is -2.31. The van der Waals surface area contributed by atoms with Crippen molar-refractivity contribution >= 4 is 23.4 Å². The minimum atomic E-state index is -0.191. The molecular formula is C19H23ClN4O2. The molecule has 1 aliphatic heterocycles. The first-order chi connectivity index (χ1) is 12.7. The lowest BCUT2D eigenvalue weighted by Crippen LogP contribution is -2.39. The van der Waals surface area contributed by atoms with Gasteiger partial charge in [-0.2, -0.15) is 0 Å². The van der Waals surface area contributed by atoms with Gasteiger partial charge in [0, 0.05) is 43.0 Å². The molecule has 1 aromatic carbocycles. The van der Waals surface area contributed by atoms with E-state index in [1.165, 1.54) is 0 Å². The largest absolute Gasteiger partial charge is 0.378 e. The minimum absolute atomic E-state index is 0.191. The number of urea groups is 1. The average molecular weight is 375 g/mol. The van der Waals surface area contributed by atoms with Crippen LogP contribution in [0.3, 0.4) is 0 Å². The zero-order valence-electron chi connectivity index (χ0n) is 14.6. The highest BCUT2D eigenvalue weighted by molar-refractivity contribution is 6.30. The van der Waals surface area contributed by atoms with Crippen molar-refractivity contribution in [2.45, 2.75) is 13.0 Å². The first-order valence-corrected chi connectivity index (χ1v) is 9.13. The lowest BCUT2D eigenvalue weighted by Gasteiger charge is -2.29. The van der Waals surface area contributed by atoms with Crippen LogP contribution in [0.1, 0.15) is 11.1 Å². The van der Waals surface area contributed by atoms with Gasteiger partial charge in [0.15, 0.2) is 0 Å². The smallest absolute Gasteiger partial charge is 0.315 e. The number of anilines is 1. The van der Waals surface area contributed by atoms with Crippen molar-refractivity contribution in [3.63, 3.8) is 0 Å². The molecule has 26 heavy (non-hydrogen) atoms. The normalized spacial score (nSPS) is 14.1. The number of benzene rings is 1. The Morgan fingerprint density at radius 1 is 1.19 bits per heavy atom. The third-order valence-corrected chi connectivity index (χ3v) is 4.44. The van der Waals surface area contributed by atoms with E-state index in [4.69, 9.17) is 16.3 Å². The summed E-state index contributed by atoms with van der Waals surface area (Å²) in [6.07, 6.45) is 2.51. The summed E-state index contributed by atoms with van der Waals surface area (Å²) < 4.78 is 5.39. The number of carbonyl (C=O) groups excluding carboxylic acids is 1. The fourth-order valence-corrected chi connectivity index (χ4v) is 3.09. The SMILES string of the molecule is O=C(NCCc1cccc(Cl)c1)NCc1cccnc1N1CCOCC1. The third kappa shape index (κ3) is 5.34. The molecule has 7 heteroatoms. The van der Waals surface area contributed by atoms with E-state index >= 15 is 0 Å². The number of ether oxygens (including phenoxy) is 1. The van der Waals surface area contributed by atoms with Crippen LogP contribution in [0.5, 0.6) is 0 Å². The van der Waals surface area contributed by atoms with Crippen molar-refractivity contribution in [2.75, 3.05) is 37.7 Å². The molecule has 0 atom stereocenters. The standard InChI is InChI=1S/C19H23ClN4O2/c20-17-5-1-3-15(13-17)6-8-22-19(25)23-14-16-4-2-7-21-18(16)24-9-11-26-12-10-24/h1-5,7,13H,6,8-12,14H2,(H2,22,23,25). The summed E-state index contributed by atoms with van der Waals surface area (Å²) in [6.45, 7) is 4.02. The summed E-state index contributed by atoms with van der Waals surface area (Å²) in [4.78, 5) is 18.7. The van der Waals surface area contributed by atoms with E-state index in [9.17, 15) is 4.79 Å². The van der Waals surface area contributed by atoms with Gasteiger partial charge in [-0.1, -0.05) is 29.8 Å². The van der Waals surface area contributed by atoms with Crippen molar-refractivity contribution in [2.24, 2.45) is 0 Å². The maximum Gasteiger partial charge on any atom is 0.315 e. The molecule has 1 aliphatic rings. The Balaban J connectivity index is 1.47. The van der Waals surface area contributed by atoms with Crippen molar-refractivity contribution in [1.82, 2.24) is 15.6 Å². The molecule has 138 valence electrons. The molecule has 2 aromatic rings. The Bertz CT molecular complexity index is 735. The van der Waals surface area contributed by atoms with Crippen molar-refractivity contribution in [3.8, 4) is 0 Å². The Kier molecular flexibility index (Phi) is 6.68. The minimum Gasteiger partial charge on any atom is -0.378 e. The van der Waals surface area contributed by atoms with Crippen molar-refractivity contribution in [1.29, 1.82) is 0 Å². The molecule has 2 heterocycles. The number of halogens is 1. The molecule has 1 aromatic heterocycles. The number of hydrogen-bond acceptors (Lipinski definition) is 4. The van der Waals surface area contributed by atoms with E-state index in [1.54, 1.807) is 6.20 Å². The summed E-state index contributed by atoms with van der Waals surface area (Å²) in [6, 6.07) is 11.3. The van der Waals surface area contributed by atoms with Crippen LogP contribution in [0.2, 0.25) is 5.02 Å². The number of morpholine rings is 1. The molecule has 1 saturated heterocycles. The number of nitrogens with zero attached hydrogens (tertiary/aromatic N) is 2. The van der Waals surface area contributed by atoms with E-state index < -0.39 is 0 Å². The zero-order chi connectivity index (χ0) is 18.2. The highest BCUT2D eigenvalue weighted by atomic mass is 35.5. The second-order valence-corrected chi connectivity index (χ2v) is 6.51. The van der Waals surface area contributed by atoms with E-state index in [0.29, 0.717) is 31.3 Å². The number of aromatic nitrogens is 1. The summed E-state index contributed by atoms with van der Waals surface area (Å²) in [5.41, 5.74) is 2.10. The van der Waals surface area contributed by atoms with Crippen molar-refractivity contribution in [3.05, 3.63) is 58.7 Å². The van der Waals surface area contributed by atoms with E-state index in [-0.39, 0.29) is 6.03 Å². The zero-order valence-corrected chi connectivity index (χ0v) is 15.3. The molecule has 1 fully saturated rings. The molecule has 0 spiro atoms. The number of pyridine rings is 1. The van der Waals surface area contributed by atoms with Crippen LogP contribution in [0, 0.1) is 0 Å². The van der Waals surface area contributed by atoms with Crippen molar-refractivity contribution < 1.29 is 9.53 Å². The van der Waals surface area contributed by atoms with E-state index in [0.717, 1.165) is 36.5 Å². The average Bonchev–Trinajstić information content (AvgIpc) is 2.67. The van der Waals surface area contributed by atoms with Gasteiger partial charge in [0.1, 0.15) is 5.82 Å². The van der Waals surface area contributed by atoms with Crippen LogP contribution < -0.4 is 15.5 Å². The molecule has 0 unspecified atom stereocenters. The fourth-order valence-electron chi connectivity index (χ4n) is 2.88.